The number of hydrogen-bond donors (Lipinski definition) is 1. The molecule has 1 N–H and O–H groups in total. The largest absolute Gasteiger partial charge is 0.493 e. The molecule has 2 aromatic carbocycles. The van der Waals surface area contributed by atoms with E-state index in [0.717, 1.165) is 0 Å². The van der Waals surface area contributed by atoms with Gasteiger partial charge in [0, 0.05) is 17.7 Å². The molecule has 0 saturated carbocycles. The number of nitro benzene ring substituents is 1. The van der Waals surface area contributed by atoms with Crippen molar-refractivity contribution in [1.82, 2.24) is 0 Å². The Kier molecular flexibility index (Phi) is 5.56. The second-order valence-electron chi connectivity index (χ2n) is 4.64. The SMILES string of the molecule is COc1cc(/C=N/Nc2cccc([N+](=O)[O-])c2)cc(OC)c1OC. The summed E-state index contributed by atoms with van der Waals surface area (Å²) in [5, 5.41) is 14.8. The normalized spacial score (nSPS) is 10.5. The summed E-state index contributed by atoms with van der Waals surface area (Å²) in [6, 6.07) is 9.54. The van der Waals surface area contributed by atoms with Crippen molar-refractivity contribution in [3.05, 3.63) is 52.1 Å². The van der Waals surface area contributed by atoms with Gasteiger partial charge in [-0.3, -0.25) is 15.5 Å². The average Bonchev–Trinajstić information content (AvgIpc) is 2.61. The highest BCUT2D eigenvalue weighted by Gasteiger charge is 2.12. The number of ether oxygens (including phenoxy) is 3. The molecule has 0 aliphatic carbocycles. The lowest BCUT2D eigenvalue weighted by Crippen LogP contribution is -1.97. The summed E-state index contributed by atoms with van der Waals surface area (Å²) in [5.41, 5.74) is 3.95. The lowest BCUT2D eigenvalue weighted by molar-refractivity contribution is -0.384. The Hall–Kier alpha value is -3.29. The average molecular weight is 331 g/mol. The van der Waals surface area contributed by atoms with Gasteiger partial charge in [-0.2, -0.15) is 5.10 Å². The molecule has 0 heterocycles. The number of nitro groups is 1. The van der Waals surface area contributed by atoms with Crippen molar-refractivity contribution in [3.63, 3.8) is 0 Å². The highest BCUT2D eigenvalue weighted by atomic mass is 16.6. The van der Waals surface area contributed by atoms with Crippen molar-refractivity contribution in [2.24, 2.45) is 5.10 Å². The molecule has 0 spiro atoms. The molecule has 8 nitrogen and oxygen atoms in total. The maximum Gasteiger partial charge on any atom is 0.271 e. The molecule has 0 aliphatic rings. The second kappa shape index (κ2) is 7.82. The number of hydrazone groups is 1. The highest BCUT2D eigenvalue weighted by molar-refractivity contribution is 5.83. The van der Waals surface area contributed by atoms with Gasteiger partial charge in [0.1, 0.15) is 0 Å². The quantitative estimate of drug-likeness (QED) is 0.476. The number of benzene rings is 2. The highest BCUT2D eigenvalue weighted by Crippen LogP contribution is 2.37. The van der Waals surface area contributed by atoms with Crippen LogP contribution in [0.25, 0.3) is 0 Å². The topological polar surface area (TPSA) is 95.2 Å². The number of nitrogens with one attached hydrogen (secondary N) is 1. The molecule has 0 bridgehead atoms. The Labute approximate surface area is 138 Å². The third-order valence-corrected chi connectivity index (χ3v) is 3.15. The van der Waals surface area contributed by atoms with Gasteiger partial charge in [-0.1, -0.05) is 6.07 Å². The Bertz CT molecular complexity index is 736. The van der Waals surface area contributed by atoms with Gasteiger partial charge < -0.3 is 14.2 Å². The summed E-state index contributed by atoms with van der Waals surface area (Å²) in [7, 11) is 4.58. The van der Waals surface area contributed by atoms with E-state index in [2.05, 4.69) is 10.5 Å². The molecule has 0 radical (unpaired) electrons. The van der Waals surface area contributed by atoms with Crippen molar-refractivity contribution >= 4 is 17.6 Å². The monoisotopic (exact) mass is 331 g/mol. The van der Waals surface area contributed by atoms with Crippen LogP contribution in [-0.4, -0.2) is 32.5 Å². The van der Waals surface area contributed by atoms with Gasteiger partial charge in [-0.25, -0.2) is 0 Å². The summed E-state index contributed by atoms with van der Waals surface area (Å²) in [4.78, 5) is 10.3. The van der Waals surface area contributed by atoms with Crippen LogP contribution in [0.2, 0.25) is 0 Å². The second-order valence-corrected chi connectivity index (χ2v) is 4.64. The van der Waals surface area contributed by atoms with E-state index in [4.69, 9.17) is 14.2 Å². The van der Waals surface area contributed by atoms with Crippen LogP contribution in [0.1, 0.15) is 5.56 Å². The van der Waals surface area contributed by atoms with Crippen LogP contribution in [0.5, 0.6) is 17.2 Å². The Morgan fingerprint density at radius 1 is 1.08 bits per heavy atom. The first-order valence-electron chi connectivity index (χ1n) is 6.92. The fraction of sp³-hybridized carbons (Fsp3) is 0.188. The van der Waals surface area contributed by atoms with Gasteiger partial charge in [-0.05, 0) is 18.2 Å². The lowest BCUT2D eigenvalue weighted by Gasteiger charge is -2.12. The van der Waals surface area contributed by atoms with Gasteiger partial charge >= 0.3 is 0 Å². The molecule has 0 aromatic heterocycles. The van der Waals surface area contributed by atoms with Crippen molar-refractivity contribution in [3.8, 4) is 17.2 Å². The predicted molar refractivity (Wildman–Crippen MR) is 90.4 cm³/mol. The maximum atomic E-state index is 10.7. The molecule has 8 heteroatoms. The zero-order valence-electron chi connectivity index (χ0n) is 13.5. The first-order valence-corrected chi connectivity index (χ1v) is 6.92. The minimum absolute atomic E-state index is 0.0111. The number of non-ortho nitro benzene ring substituents is 1. The fourth-order valence-electron chi connectivity index (χ4n) is 2.05. The molecule has 126 valence electrons. The third kappa shape index (κ3) is 3.92. The standard InChI is InChI=1S/C16H17N3O5/c1-22-14-7-11(8-15(23-2)16(14)24-3)10-17-18-12-5-4-6-13(9-12)19(20)21/h4-10,18H,1-3H3/b17-10+. The van der Waals surface area contributed by atoms with E-state index in [1.807, 2.05) is 0 Å². The first kappa shape index (κ1) is 17.1. The van der Waals surface area contributed by atoms with Crippen molar-refractivity contribution in [2.75, 3.05) is 26.8 Å². The molecule has 24 heavy (non-hydrogen) atoms. The first-order chi connectivity index (χ1) is 11.6. The summed E-state index contributed by atoms with van der Waals surface area (Å²) >= 11 is 0. The molecule has 0 atom stereocenters. The zero-order valence-corrected chi connectivity index (χ0v) is 13.5. The van der Waals surface area contributed by atoms with E-state index in [1.54, 1.807) is 30.5 Å². The minimum atomic E-state index is -0.464. The van der Waals surface area contributed by atoms with Crippen LogP contribution in [0.15, 0.2) is 41.5 Å². The summed E-state index contributed by atoms with van der Waals surface area (Å²) in [5.74, 6) is 1.51. The molecular formula is C16H17N3O5. The molecule has 2 aromatic rings. The van der Waals surface area contributed by atoms with Crippen molar-refractivity contribution in [1.29, 1.82) is 0 Å². The minimum Gasteiger partial charge on any atom is -0.493 e. The van der Waals surface area contributed by atoms with E-state index in [-0.39, 0.29) is 5.69 Å². The molecule has 0 aliphatic heterocycles. The van der Waals surface area contributed by atoms with Crippen LogP contribution in [0.3, 0.4) is 0 Å². The summed E-state index contributed by atoms with van der Waals surface area (Å²) in [6.07, 6.45) is 1.54. The van der Waals surface area contributed by atoms with E-state index in [0.29, 0.717) is 28.5 Å². The third-order valence-electron chi connectivity index (χ3n) is 3.15. The molecule has 2 rings (SSSR count). The number of nitrogens with zero attached hydrogens (tertiary/aromatic N) is 2. The number of anilines is 1. The van der Waals surface area contributed by atoms with Crippen LogP contribution in [0.4, 0.5) is 11.4 Å². The van der Waals surface area contributed by atoms with Crippen LogP contribution in [0, 0.1) is 10.1 Å². The molecular weight excluding hydrogens is 314 g/mol. The molecule has 0 saturated heterocycles. The smallest absolute Gasteiger partial charge is 0.271 e. The van der Waals surface area contributed by atoms with Crippen LogP contribution in [-0.2, 0) is 0 Å². The van der Waals surface area contributed by atoms with E-state index < -0.39 is 4.92 Å². The van der Waals surface area contributed by atoms with E-state index >= 15 is 0 Å². The van der Waals surface area contributed by atoms with Gasteiger partial charge in [-0.15, -0.1) is 0 Å². The van der Waals surface area contributed by atoms with Gasteiger partial charge in [0.2, 0.25) is 5.75 Å². The molecule has 0 unspecified atom stereocenters. The van der Waals surface area contributed by atoms with Gasteiger partial charge in [0.25, 0.3) is 5.69 Å². The van der Waals surface area contributed by atoms with Crippen molar-refractivity contribution < 1.29 is 19.1 Å². The Morgan fingerprint density at radius 3 is 2.29 bits per heavy atom. The molecule has 0 fully saturated rings. The van der Waals surface area contributed by atoms with Crippen molar-refractivity contribution in [2.45, 2.75) is 0 Å². The summed E-state index contributed by atoms with van der Waals surface area (Å²) < 4.78 is 15.8. The van der Waals surface area contributed by atoms with Crippen LogP contribution < -0.4 is 19.6 Å². The zero-order chi connectivity index (χ0) is 17.5. The van der Waals surface area contributed by atoms with Gasteiger partial charge in [0.05, 0.1) is 38.2 Å². The van der Waals surface area contributed by atoms with E-state index in [9.17, 15) is 10.1 Å². The Morgan fingerprint density at radius 2 is 1.75 bits per heavy atom. The number of methoxy groups -OCH3 is 3. The molecule has 0 amide bonds. The number of rotatable bonds is 7. The maximum absolute atomic E-state index is 10.7. The fourth-order valence-corrected chi connectivity index (χ4v) is 2.05. The Balaban J connectivity index is 2.20. The van der Waals surface area contributed by atoms with Crippen LogP contribution >= 0.6 is 0 Å². The van der Waals surface area contributed by atoms with E-state index in [1.165, 1.54) is 33.5 Å². The predicted octanol–water partition coefficient (Wildman–Crippen LogP) is 3.07. The summed E-state index contributed by atoms with van der Waals surface area (Å²) in [6.45, 7) is 0. The number of hydrogen-bond acceptors (Lipinski definition) is 7. The lowest BCUT2D eigenvalue weighted by atomic mass is 10.2. The van der Waals surface area contributed by atoms with Gasteiger partial charge in [0.15, 0.2) is 11.5 Å².